The molecule has 1 unspecified atom stereocenters. The molecule has 0 aliphatic heterocycles. The molecule has 1 atom stereocenters. The van der Waals surface area contributed by atoms with Crippen LogP contribution in [0.15, 0.2) is 54.7 Å². The SMILES string of the molecule is CC(C)C(CNC(=O)c1cccc[n+]1[O-])c1ccccc1. The Bertz CT molecular complexity index is 597. The summed E-state index contributed by atoms with van der Waals surface area (Å²) in [6, 6.07) is 14.9. The second kappa shape index (κ2) is 6.88. The minimum Gasteiger partial charge on any atom is -0.618 e. The van der Waals surface area contributed by atoms with E-state index in [4.69, 9.17) is 0 Å². The third kappa shape index (κ3) is 3.81. The van der Waals surface area contributed by atoms with Crippen LogP contribution in [0, 0.1) is 11.1 Å². The lowest BCUT2D eigenvalue weighted by atomic mass is 9.88. The number of carbonyl (C=O) groups excluding carboxylic acids is 1. The zero-order chi connectivity index (χ0) is 15.2. The Morgan fingerprint density at radius 2 is 1.81 bits per heavy atom. The summed E-state index contributed by atoms with van der Waals surface area (Å²) in [7, 11) is 0. The minimum absolute atomic E-state index is 0.119. The molecule has 1 N–H and O–H groups in total. The van der Waals surface area contributed by atoms with Crippen molar-refractivity contribution in [3.8, 4) is 0 Å². The van der Waals surface area contributed by atoms with Crippen molar-refractivity contribution in [3.05, 3.63) is 71.2 Å². The molecular formula is C17H20N2O2. The second-order valence-corrected chi connectivity index (χ2v) is 5.38. The van der Waals surface area contributed by atoms with E-state index in [0.717, 1.165) is 0 Å². The van der Waals surface area contributed by atoms with Gasteiger partial charge in [0.1, 0.15) is 0 Å². The maximum absolute atomic E-state index is 12.1. The fraction of sp³-hybridized carbons (Fsp3) is 0.294. The van der Waals surface area contributed by atoms with Crippen LogP contribution in [0.4, 0.5) is 0 Å². The van der Waals surface area contributed by atoms with Crippen LogP contribution in [-0.2, 0) is 0 Å². The first-order chi connectivity index (χ1) is 10.1. The summed E-state index contributed by atoms with van der Waals surface area (Å²) in [5.74, 6) is 0.272. The van der Waals surface area contributed by atoms with Crippen LogP contribution < -0.4 is 10.0 Å². The normalized spacial score (nSPS) is 12.1. The van der Waals surface area contributed by atoms with E-state index in [1.807, 2.05) is 18.2 Å². The molecule has 0 saturated heterocycles. The Kier molecular flexibility index (Phi) is 4.93. The Hall–Kier alpha value is -2.36. The van der Waals surface area contributed by atoms with Crippen LogP contribution in [0.5, 0.6) is 0 Å². The van der Waals surface area contributed by atoms with Gasteiger partial charge in [0.05, 0.1) is 0 Å². The number of nitrogens with one attached hydrogen (secondary N) is 1. The molecule has 1 aromatic heterocycles. The van der Waals surface area contributed by atoms with Crippen molar-refractivity contribution in [1.82, 2.24) is 5.32 Å². The Balaban J connectivity index is 2.06. The van der Waals surface area contributed by atoms with E-state index < -0.39 is 0 Å². The lowest BCUT2D eigenvalue weighted by Gasteiger charge is -2.21. The first-order valence-corrected chi connectivity index (χ1v) is 7.11. The van der Waals surface area contributed by atoms with Gasteiger partial charge in [-0.25, -0.2) is 0 Å². The maximum atomic E-state index is 12.1. The quantitative estimate of drug-likeness (QED) is 0.677. The summed E-state index contributed by atoms with van der Waals surface area (Å²) in [6.07, 6.45) is 1.33. The van der Waals surface area contributed by atoms with Crippen LogP contribution in [0.3, 0.4) is 0 Å². The number of rotatable bonds is 5. The first kappa shape index (κ1) is 15.0. The molecule has 0 bridgehead atoms. The molecule has 1 heterocycles. The zero-order valence-corrected chi connectivity index (χ0v) is 12.3. The van der Waals surface area contributed by atoms with E-state index in [-0.39, 0.29) is 17.5 Å². The van der Waals surface area contributed by atoms with Crippen molar-refractivity contribution >= 4 is 5.91 Å². The summed E-state index contributed by atoms with van der Waals surface area (Å²) in [5.41, 5.74) is 1.31. The van der Waals surface area contributed by atoms with E-state index in [0.29, 0.717) is 17.2 Å². The van der Waals surface area contributed by atoms with Crippen molar-refractivity contribution in [1.29, 1.82) is 0 Å². The van der Waals surface area contributed by atoms with E-state index in [1.165, 1.54) is 17.8 Å². The van der Waals surface area contributed by atoms with Crippen molar-refractivity contribution < 1.29 is 9.52 Å². The number of amides is 1. The Morgan fingerprint density at radius 3 is 2.43 bits per heavy atom. The highest BCUT2D eigenvalue weighted by molar-refractivity contribution is 5.90. The molecule has 0 radical (unpaired) electrons. The predicted octanol–water partition coefficient (Wildman–Crippen LogP) is 2.49. The number of hydrogen-bond donors (Lipinski definition) is 1. The molecule has 0 spiro atoms. The number of benzene rings is 1. The summed E-state index contributed by atoms with van der Waals surface area (Å²) >= 11 is 0. The van der Waals surface area contributed by atoms with Crippen LogP contribution in [0.2, 0.25) is 0 Å². The zero-order valence-electron chi connectivity index (χ0n) is 12.3. The van der Waals surface area contributed by atoms with Gasteiger partial charge in [-0.1, -0.05) is 44.2 Å². The van der Waals surface area contributed by atoms with Crippen molar-refractivity contribution in [2.24, 2.45) is 5.92 Å². The third-order valence-corrected chi connectivity index (χ3v) is 3.57. The number of aromatic nitrogens is 1. The molecule has 0 aliphatic carbocycles. The molecule has 21 heavy (non-hydrogen) atoms. The van der Waals surface area contributed by atoms with Crippen LogP contribution in [0.25, 0.3) is 0 Å². The fourth-order valence-electron chi connectivity index (χ4n) is 2.34. The fourth-order valence-corrected chi connectivity index (χ4v) is 2.34. The molecule has 0 saturated carbocycles. The van der Waals surface area contributed by atoms with Crippen molar-refractivity contribution in [3.63, 3.8) is 0 Å². The molecule has 2 rings (SSSR count). The van der Waals surface area contributed by atoms with Gasteiger partial charge in [0.2, 0.25) is 0 Å². The largest absolute Gasteiger partial charge is 0.618 e. The third-order valence-electron chi connectivity index (χ3n) is 3.57. The lowest BCUT2D eigenvalue weighted by molar-refractivity contribution is -0.607. The first-order valence-electron chi connectivity index (χ1n) is 7.11. The number of carbonyl (C=O) groups is 1. The smallest absolute Gasteiger partial charge is 0.317 e. The average Bonchev–Trinajstić information content (AvgIpc) is 2.48. The average molecular weight is 284 g/mol. The molecule has 1 aromatic carbocycles. The molecule has 0 fully saturated rings. The molecule has 1 amide bonds. The van der Waals surface area contributed by atoms with Crippen molar-refractivity contribution in [2.75, 3.05) is 6.54 Å². The highest BCUT2D eigenvalue weighted by Crippen LogP contribution is 2.23. The van der Waals surface area contributed by atoms with Gasteiger partial charge in [-0.05, 0) is 17.5 Å². The molecule has 110 valence electrons. The van der Waals surface area contributed by atoms with Gasteiger partial charge in [0.25, 0.3) is 5.69 Å². The van der Waals surface area contributed by atoms with Gasteiger partial charge in [0, 0.05) is 24.6 Å². The standard InChI is InChI=1S/C17H20N2O2/c1-13(2)15(14-8-4-3-5-9-14)12-18-17(20)16-10-6-7-11-19(16)21/h3-11,13,15H,12H2,1-2H3,(H,18,20). The summed E-state index contributed by atoms with van der Waals surface area (Å²) in [5, 5.41) is 14.4. The van der Waals surface area contributed by atoms with Gasteiger partial charge in [-0.2, -0.15) is 4.73 Å². The van der Waals surface area contributed by atoms with Crippen LogP contribution in [0.1, 0.15) is 35.8 Å². The summed E-state index contributed by atoms with van der Waals surface area (Å²) in [6.45, 7) is 4.76. The number of pyridine rings is 1. The summed E-state index contributed by atoms with van der Waals surface area (Å²) in [4.78, 5) is 12.1. The molecule has 2 aromatic rings. The minimum atomic E-state index is -0.341. The highest BCUT2D eigenvalue weighted by atomic mass is 16.5. The van der Waals surface area contributed by atoms with E-state index in [1.54, 1.807) is 12.1 Å². The van der Waals surface area contributed by atoms with Crippen LogP contribution in [-0.4, -0.2) is 12.5 Å². The Labute approximate surface area is 125 Å². The van der Waals surface area contributed by atoms with E-state index in [9.17, 15) is 10.0 Å². The molecule has 4 heteroatoms. The molecular weight excluding hydrogens is 264 g/mol. The monoisotopic (exact) mass is 284 g/mol. The lowest BCUT2D eigenvalue weighted by Crippen LogP contribution is -2.40. The maximum Gasteiger partial charge on any atom is 0.317 e. The molecule has 4 nitrogen and oxygen atoms in total. The topological polar surface area (TPSA) is 56.0 Å². The van der Waals surface area contributed by atoms with Gasteiger partial charge in [-0.15, -0.1) is 0 Å². The van der Waals surface area contributed by atoms with Crippen molar-refractivity contribution in [2.45, 2.75) is 19.8 Å². The number of nitrogens with zero attached hydrogens (tertiary/aromatic N) is 1. The second-order valence-electron chi connectivity index (χ2n) is 5.38. The van der Waals surface area contributed by atoms with Gasteiger partial charge >= 0.3 is 5.91 Å². The highest BCUT2D eigenvalue weighted by Gasteiger charge is 2.20. The van der Waals surface area contributed by atoms with Gasteiger partial charge in [0.15, 0.2) is 6.20 Å². The molecule has 0 aliphatic rings. The van der Waals surface area contributed by atoms with Crippen LogP contribution >= 0.6 is 0 Å². The van der Waals surface area contributed by atoms with E-state index in [2.05, 4.69) is 31.3 Å². The van der Waals surface area contributed by atoms with Gasteiger partial charge in [-0.3, -0.25) is 4.79 Å². The number of hydrogen-bond acceptors (Lipinski definition) is 2. The Morgan fingerprint density at radius 1 is 1.14 bits per heavy atom. The predicted molar refractivity (Wildman–Crippen MR) is 81.8 cm³/mol. The summed E-state index contributed by atoms with van der Waals surface area (Å²) < 4.78 is 0.586. The van der Waals surface area contributed by atoms with Gasteiger partial charge < -0.3 is 10.5 Å². The van der Waals surface area contributed by atoms with E-state index >= 15 is 0 Å².